The van der Waals surface area contributed by atoms with E-state index in [9.17, 15) is 14.3 Å². The average molecular weight is 281 g/mol. The van der Waals surface area contributed by atoms with Gasteiger partial charge in [-0.2, -0.15) is 0 Å². The monoisotopic (exact) mass is 281 g/mol. The van der Waals surface area contributed by atoms with Crippen molar-refractivity contribution in [3.8, 4) is 5.75 Å². The van der Waals surface area contributed by atoms with E-state index < -0.39 is 17.3 Å². The fourth-order valence-electron chi connectivity index (χ4n) is 2.82. The smallest absolute Gasteiger partial charge is 0.254 e. The first kappa shape index (κ1) is 14.8. The van der Waals surface area contributed by atoms with Gasteiger partial charge in [-0.1, -0.05) is 19.8 Å². The van der Waals surface area contributed by atoms with E-state index in [1.165, 1.54) is 12.1 Å². The number of amides is 1. The van der Waals surface area contributed by atoms with Gasteiger partial charge in [-0.05, 0) is 30.9 Å². The number of phenolic OH excluding ortho intramolecular Hbond substituents is 1. The van der Waals surface area contributed by atoms with Crippen LogP contribution >= 0.6 is 0 Å². The van der Waals surface area contributed by atoms with E-state index in [1.54, 1.807) is 0 Å². The van der Waals surface area contributed by atoms with Crippen molar-refractivity contribution in [2.75, 3.05) is 6.54 Å². The van der Waals surface area contributed by atoms with Crippen LogP contribution in [0.15, 0.2) is 18.2 Å². The van der Waals surface area contributed by atoms with Crippen molar-refractivity contribution in [3.05, 3.63) is 29.6 Å². The second-order valence-corrected chi connectivity index (χ2v) is 5.77. The van der Waals surface area contributed by atoms with Crippen LogP contribution in [0.1, 0.15) is 43.0 Å². The molecule has 2 atom stereocenters. The highest BCUT2D eigenvalue weighted by Crippen LogP contribution is 2.31. The molecule has 0 radical (unpaired) electrons. The van der Waals surface area contributed by atoms with Gasteiger partial charge >= 0.3 is 0 Å². The number of nitrogens with one attached hydrogen (secondary N) is 1. The number of halogens is 1. The van der Waals surface area contributed by atoms with E-state index in [1.807, 2.05) is 0 Å². The highest BCUT2D eigenvalue weighted by Gasteiger charge is 2.33. The Balaban J connectivity index is 1.98. The van der Waals surface area contributed by atoms with Crippen LogP contribution in [0.25, 0.3) is 0 Å². The number of carbonyl (C=O) groups is 1. The lowest BCUT2D eigenvalue weighted by Crippen LogP contribution is -2.45. The first-order valence-corrected chi connectivity index (χ1v) is 6.89. The Labute approximate surface area is 117 Å². The molecule has 2 unspecified atom stereocenters. The molecule has 0 saturated heterocycles. The topological polar surface area (TPSA) is 69.6 Å². The van der Waals surface area contributed by atoms with Gasteiger partial charge in [-0.25, -0.2) is 4.39 Å². The molecule has 1 amide bonds. The SMILES string of the molecule is CC1CCCC(O)(CNC(=O)c2ccc(O)cc2F)C1. The van der Waals surface area contributed by atoms with E-state index >= 15 is 0 Å². The van der Waals surface area contributed by atoms with Gasteiger partial charge in [0, 0.05) is 12.6 Å². The van der Waals surface area contributed by atoms with Crippen LogP contribution in [0, 0.1) is 11.7 Å². The van der Waals surface area contributed by atoms with Crippen LogP contribution in [0.3, 0.4) is 0 Å². The highest BCUT2D eigenvalue weighted by atomic mass is 19.1. The zero-order valence-electron chi connectivity index (χ0n) is 11.5. The maximum Gasteiger partial charge on any atom is 0.254 e. The third-order valence-electron chi connectivity index (χ3n) is 3.84. The van der Waals surface area contributed by atoms with Gasteiger partial charge in [-0.15, -0.1) is 0 Å². The first-order chi connectivity index (χ1) is 9.39. The summed E-state index contributed by atoms with van der Waals surface area (Å²) in [6, 6.07) is 3.38. The molecule has 0 aromatic heterocycles. The van der Waals surface area contributed by atoms with Crippen LogP contribution in [-0.4, -0.2) is 28.3 Å². The summed E-state index contributed by atoms with van der Waals surface area (Å²) in [6.45, 7) is 2.20. The normalized spacial score (nSPS) is 26.2. The number of hydrogen-bond donors (Lipinski definition) is 3. The lowest BCUT2D eigenvalue weighted by molar-refractivity contribution is -0.0109. The largest absolute Gasteiger partial charge is 0.508 e. The second-order valence-electron chi connectivity index (χ2n) is 5.77. The molecule has 110 valence electrons. The van der Waals surface area contributed by atoms with Gasteiger partial charge in [0.05, 0.1) is 11.2 Å². The van der Waals surface area contributed by atoms with Crippen molar-refractivity contribution >= 4 is 5.91 Å². The summed E-state index contributed by atoms with van der Waals surface area (Å²) >= 11 is 0. The second kappa shape index (κ2) is 5.79. The summed E-state index contributed by atoms with van der Waals surface area (Å²) in [5.41, 5.74) is -1.03. The number of rotatable bonds is 3. The third kappa shape index (κ3) is 3.48. The van der Waals surface area contributed by atoms with E-state index in [0.29, 0.717) is 18.8 Å². The number of aromatic hydroxyl groups is 1. The zero-order chi connectivity index (χ0) is 14.8. The minimum Gasteiger partial charge on any atom is -0.508 e. The number of carbonyl (C=O) groups excluding carboxylic acids is 1. The Morgan fingerprint density at radius 3 is 2.95 bits per heavy atom. The molecule has 1 aliphatic carbocycles. The van der Waals surface area contributed by atoms with Crippen LogP contribution in [0.2, 0.25) is 0 Å². The summed E-state index contributed by atoms with van der Waals surface area (Å²) in [4.78, 5) is 11.9. The molecular weight excluding hydrogens is 261 g/mol. The summed E-state index contributed by atoms with van der Waals surface area (Å²) in [6.07, 6.45) is 3.31. The zero-order valence-corrected chi connectivity index (χ0v) is 11.5. The Morgan fingerprint density at radius 2 is 2.30 bits per heavy atom. The fraction of sp³-hybridized carbons (Fsp3) is 0.533. The molecule has 1 aromatic rings. The van der Waals surface area contributed by atoms with E-state index in [4.69, 9.17) is 5.11 Å². The lowest BCUT2D eigenvalue weighted by atomic mass is 9.79. The standard InChI is InChI=1S/C15H20FNO3/c1-10-3-2-6-15(20,8-10)9-17-14(19)12-5-4-11(18)7-13(12)16/h4-5,7,10,18,20H,2-3,6,8-9H2,1H3,(H,17,19). The summed E-state index contributed by atoms with van der Waals surface area (Å²) in [5.74, 6) is -1.14. The molecule has 5 heteroatoms. The maximum atomic E-state index is 13.5. The van der Waals surface area contributed by atoms with Crippen molar-refractivity contribution in [1.29, 1.82) is 0 Å². The van der Waals surface area contributed by atoms with Crippen molar-refractivity contribution in [3.63, 3.8) is 0 Å². The van der Waals surface area contributed by atoms with Gasteiger partial charge in [0.2, 0.25) is 0 Å². The summed E-state index contributed by atoms with van der Waals surface area (Å²) < 4.78 is 13.5. The Morgan fingerprint density at radius 1 is 1.55 bits per heavy atom. The maximum absolute atomic E-state index is 13.5. The highest BCUT2D eigenvalue weighted by molar-refractivity contribution is 5.94. The molecule has 0 spiro atoms. The molecule has 0 bridgehead atoms. The van der Waals surface area contributed by atoms with E-state index in [-0.39, 0.29) is 17.9 Å². The molecule has 0 heterocycles. The van der Waals surface area contributed by atoms with Crippen molar-refractivity contribution in [2.45, 2.75) is 38.2 Å². The predicted octanol–water partition coefficient (Wildman–Crippen LogP) is 2.20. The van der Waals surface area contributed by atoms with Gasteiger partial charge in [0.1, 0.15) is 11.6 Å². The molecule has 0 aliphatic heterocycles. The van der Waals surface area contributed by atoms with Crippen LogP contribution in [-0.2, 0) is 0 Å². The van der Waals surface area contributed by atoms with Crippen LogP contribution in [0.4, 0.5) is 4.39 Å². The minimum absolute atomic E-state index is 0.122. The van der Waals surface area contributed by atoms with Gasteiger partial charge in [0.15, 0.2) is 0 Å². The summed E-state index contributed by atoms with van der Waals surface area (Å²) in [5, 5.41) is 22.1. The van der Waals surface area contributed by atoms with Gasteiger partial charge in [0.25, 0.3) is 5.91 Å². The van der Waals surface area contributed by atoms with Crippen molar-refractivity contribution in [2.24, 2.45) is 5.92 Å². The molecule has 1 aromatic carbocycles. The number of phenols is 1. The van der Waals surface area contributed by atoms with Crippen LogP contribution < -0.4 is 5.32 Å². The molecule has 20 heavy (non-hydrogen) atoms. The lowest BCUT2D eigenvalue weighted by Gasteiger charge is -2.35. The molecular formula is C15H20FNO3. The number of benzene rings is 1. The third-order valence-corrected chi connectivity index (χ3v) is 3.84. The van der Waals surface area contributed by atoms with Crippen molar-refractivity contribution < 1.29 is 19.4 Å². The van der Waals surface area contributed by atoms with E-state index in [0.717, 1.165) is 18.9 Å². The van der Waals surface area contributed by atoms with E-state index in [2.05, 4.69) is 12.2 Å². The average Bonchev–Trinajstić information content (AvgIpc) is 2.36. The quantitative estimate of drug-likeness (QED) is 0.795. The number of aliphatic hydroxyl groups is 1. The summed E-state index contributed by atoms with van der Waals surface area (Å²) in [7, 11) is 0. The Kier molecular flexibility index (Phi) is 4.28. The Hall–Kier alpha value is -1.62. The molecule has 2 rings (SSSR count). The number of hydrogen-bond acceptors (Lipinski definition) is 3. The van der Waals surface area contributed by atoms with Crippen molar-refractivity contribution in [1.82, 2.24) is 5.32 Å². The van der Waals surface area contributed by atoms with Gasteiger partial charge < -0.3 is 15.5 Å². The minimum atomic E-state index is -0.902. The Bertz CT molecular complexity index is 506. The molecule has 4 nitrogen and oxygen atoms in total. The predicted molar refractivity (Wildman–Crippen MR) is 73.0 cm³/mol. The van der Waals surface area contributed by atoms with Gasteiger partial charge in [-0.3, -0.25) is 4.79 Å². The van der Waals surface area contributed by atoms with Crippen LogP contribution in [0.5, 0.6) is 5.75 Å². The first-order valence-electron chi connectivity index (χ1n) is 6.89. The molecule has 1 fully saturated rings. The fourth-order valence-corrected chi connectivity index (χ4v) is 2.82. The molecule has 3 N–H and O–H groups in total. The molecule has 1 aliphatic rings. The molecule has 1 saturated carbocycles.